The van der Waals surface area contributed by atoms with Gasteiger partial charge in [0.25, 0.3) is 0 Å². The molecule has 0 amide bonds. The molecule has 0 aliphatic rings. The average Bonchev–Trinajstić information content (AvgIpc) is 2.40. The summed E-state index contributed by atoms with van der Waals surface area (Å²) in [5.74, 6) is 1.35. The van der Waals surface area contributed by atoms with Crippen LogP contribution in [0.2, 0.25) is 0 Å². The predicted molar refractivity (Wildman–Crippen MR) is 46.4 cm³/mol. The maximum Gasteiger partial charge on any atom is 0.153 e. The minimum absolute atomic E-state index is 0.436. The summed E-state index contributed by atoms with van der Waals surface area (Å²) in [6.07, 6.45) is 1.72. The van der Waals surface area contributed by atoms with Gasteiger partial charge in [0.15, 0.2) is 5.82 Å². The fourth-order valence-corrected chi connectivity index (χ4v) is 0.620. The lowest BCUT2D eigenvalue weighted by molar-refractivity contribution is 0.709. The molecule has 1 aromatic heterocycles. The first-order valence-electron chi connectivity index (χ1n) is 4.05. The molecule has 0 saturated carbocycles. The lowest BCUT2D eigenvalue weighted by Gasteiger charge is -1.93. The zero-order chi connectivity index (χ0) is 8.85. The van der Waals surface area contributed by atoms with E-state index >= 15 is 0 Å². The summed E-state index contributed by atoms with van der Waals surface area (Å²) in [4.78, 5) is 4.07. The first-order valence-corrected chi connectivity index (χ1v) is 4.05. The molecule has 0 atom stereocenters. The standard InChI is InChI=1S/C6H11N3.C2H6/c1-5(2)6-7-4-9(3)8-6;1-2/h4-5H,1-3H3;1-2H3. The van der Waals surface area contributed by atoms with Gasteiger partial charge in [-0.25, -0.2) is 4.98 Å². The van der Waals surface area contributed by atoms with Gasteiger partial charge >= 0.3 is 0 Å². The molecule has 0 aliphatic heterocycles. The van der Waals surface area contributed by atoms with Crippen LogP contribution in [-0.2, 0) is 7.05 Å². The molecule has 0 saturated heterocycles. The van der Waals surface area contributed by atoms with Gasteiger partial charge in [0, 0.05) is 13.0 Å². The molecule has 1 aromatic rings. The Morgan fingerprint density at radius 1 is 1.36 bits per heavy atom. The smallest absolute Gasteiger partial charge is 0.153 e. The monoisotopic (exact) mass is 155 g/mol. The quantitative estimate of drug-likeness (QED) is 0.620. The molecule has 0 radical (unpaired) electrons. The van der Waals surface area contributed by atoms with Gasteiger partial charge in [-0.3, -0.25) is 4.68 Å². The van der Waals surface area contributed by atoms with Crippen molar-refractivity contribution in [1.82, 2.24) is 14.8 Å². The third-order valence-corrected chi connectivity index (χ3v) is 1.13. The SMILES string of the molecule is CC.CC(C)c1ncn(C)n1. The van der Waals surface area contributed by atoms with E-state index in [9.17, 15) is 0 Å². The number of rotatable bonds is 1. The summed E-state index contributed by atoms with van der Waals surface area (Å²) >= 11 is 0. The highest BCUT2D eigenvalue weighted by atomic mass is 15.3. The molecule has 3 nitrogen and oxygen atoms in total. The van der Waals surface area contributed by atoms with Crippen molar-refractivity contribution in [3.8, 4) is 0 Å². The molecule has 1 heterocycles. The predicted octanol–water partition coefficient (Wildman–Crippen LogP) is 1.96. The number of hydrogen-bond acceptors (Lipinski definition) is 2. The van der Waals surface area contributed by atoms with Gasteiger partial charge in [0.05, 0.1) is 0 Å². The summed E-state index contributed by atoms with van der Waals surface area (Å²) in [5, 5.41) is 4.12. The van der Waals surface area contributed by atoms with Crippen molar-refractivity contribution < 1.29 is 0 Å². The third-order valence-electron chi connectivity index (χ3n) is 1.13. The van der Waals surface area contributed by atoms with E-state index in [0.29, 0.717) is 5.92 Å². The fraction of sp³-hybridized carbons (Fsp3) is 0.750. The highest BCUT2D eigenvalue weighted by Gasteiger charge is 2.01. The third kappa shape index (κ3) is 3.16. The Hall–Kier alpha value is -0.860. The molecule has 0 aliphatic carbocycles. The summed E-state index contributed by atoms with van der Waals surface area (Å²) in [6.45, 7) is 8.16. The van der Waals surface area contributed by atoms with Crippen LogP contribution in [0.3, 0.4) is 0 Å². The average molecular weight is 155 g/mol. The Bertz CT molecular complexity index is 191. The van der Waals surface area contributed by atoms with Gasteiger partial charge in [0.2, 0.25) is 0 Å². The molecular weight excluding hydrogens is 138 g/mol. The fourth-order valence-electron chi connectivity index (χ4n) is 0.620. The Kier molecular flexibility index (Phi) is 4.50. The van der Waals surface area contributed by atoms with E-state index < -0.39 is 0 Å². The molecule has 11 heavy (non-hydrogen) atoms. The molecular formula is C8H17N3. The van der Waals surface area contributed by atoms with Crippen LogP contribution >= 0.6 is 0 Å². The minimum atomic E-state index is 0.436. The van der Waals surface area contributed by atoms with Gasteiger partial charge in [-0.1, -0.05) is 27.7 Å². The molecule has 64 valence electrons. The summed E-state index contributed by atoms with van der Waals surface area (Å²) < 4.78 is 1.72. The zero-order valence-electron chi connectivity index (χ0n) is 8.00. The van der Waals surface area contributed by atoms with Crippen molar-refractivity contribution in [2.75, 3.05) is 0 Å². The highest BCUT2D eigenvalue weighted by molar-refractivity contribution is 4.87. The van der Waals surface area contributed by atoms with Crippen LogP contribution in [0.25, 0.3) is 0 Å². The largest absolute Gasteiger partial charge is 0.256 e. The number of aryl methyl sites for hydroxylation is 1. The van der Waals surface area contributed by atoms with Crippen molar-refractivity contribution >= 4 is 0 Å². The van der Waals surface area contributed by atoms with Crippen molar-refractivity contribution in [2.45, 2.75) is 33.6 Å². The summed E-state index contributed by atoms with van der Waals surface area (Å²) in [6, 6.07) is 0. The van der Waals surface area contributed by atoms with Gasteiger partial charge in [-0.2, -0.15) is 5.10 Å². The number of nitrogens with zero attached hydrogens (tertiary/aromatic N) is 3. The van der Waals surface area contributed by atoms with E-state index in [1.807, 2.05) is 20.9 Å². The maximum atomic E-state index is 4.12. The summed E-state index contributed by atoms with van der Waals surface area (Å²) in [7, 11) is 1.87. The zero-order valence-corrected chi connectivity index (χ0v) is 8.00. The molecule has 0 unspecified atom stereocenters. The van der Waals surface area contributed by atoms with Crippen LogP contribution in [-0.4, -0.2) is 14.8 Å². The van der Waals surface area contributed by atoms with E-state index in [0.717, 1.165) is 5.82 Å². The molecule has 0 aromatic carbocycles. The molecule has 0 fully saturated rings. The van der Waals surface area contributed by atoms with Gasteiger partial charge in [-0.05, 0) is 0 Å². The van der Waals surface area contributed by atoms with Crippen LogP contribution < -0.4 is 0 Å². The molecule has 0 N–H and O–H groups in total. The Morgan fingerprint density at radius 2 is 1.91 bits per heavy atom. The van der Waals surface area contributed by atoms with Crippen LogP contribution in [0.1, 0.15) is 39.4 Å². The summed E-state index contributed by atoms with van der Waals surface area (Å²) in [5.41, 5.74) is 0. The Labute approximate surface area is 68.5 Å². The van der Waals surface area contributed by atoms with Crippen molar-refractivity contribution in [2.24, 2.45) is 7.05 Å². The molecule has 0 bridgehead atoms. The van der Waals surface area contributed by atoms with E-state index in [-0.39, 0.29) is 0 Å². The molecule has 3 heteroatoms. The first-order chi connectivity index (χ1) is 5.20. The van der Waals surface area contributed by atoms with Gasteiger partial charge in [-0.15, -0.1) is 0 Å². The topological polar surface area (TPSA) is 30.7 Å². The second-order valence-electron chi connectivity index (χ2n) is 2.43. The Balaban J connectivity index is 0.000000461. The maximum absolute atomic E-state index is 4.12. The van der Waals surface area contributed by atoms with Crippen molar-refractivity contribution in [3.05, 3.63) is 12.2 Å². The second-order valence-corrected chi connectivity index (χ2v) is 2.43. The first kappa shape index (κ1) is 10.1. The number of aromatic nitrogens is 3. The number of hydrogen-bond donors (Lipinski definition) is 0. The second kappa shape index (κ2) is 4.88. The molecule has 1 rings (SSSR count). The van der Waals surface area contributed by atoms with E-state index in [2.05, 4.69) is 23.9 Å². The van der Waals surface area contributed by atoms with E-state index in [1.165, 1.54) is 0 Å². The Morgan fingerprint density at radius 3 is 2.09 bits per heavy atom. The van der Waals surface area contributed by atoms with Crippen LogP contribution in [0.15, 0.2) is 6.33 Å². The normalized spacial score (nSPS) is 9.27. The van der Waals surface area contributed by atoms with Crippen molar-refractivity contribution in [1.29, 1.82) is 0 Å². The minimum Gasteiger partial charge on any atom is -0.256 e. The molecule has 0 spiro atoms. The lowest BCUT2D eigenvalue weighted by atomic mass is 10.2. The van der Waals surface area contributed by atoms with Crippen LogP contribution in [0.5, 0.6) is 0 Å². The van der Waals surface area contributed by atoms with Crippen molar-refractivity contribution in [3.63, 3.8) is 0 Å². The van der Waals surface area contributed by atoms with Crippen LogP contribution in [0, 0.1) is 0 Å². The highest BCUT2D eigenvalue weighted by Crippen LogP contribution is 2.05. The van der Waals surface area contributed by atoms with Crippen LogP contribution in [0.4, 0.5) is 0 Å². The van der Waals surface area contributed by atoms with Gasteiger partial charge in [0.1, 0.15) is 6.33 Å². The van der Waals surface area contributed by atoms with E-state index in [4.69, 9.17) is 0 Å². The lowest BCUT2D eigenvalue weighted by Crippen LogP contribution is -1.93. The van der Waals surface area contributed by atoms with Gasteiger partial charge < -0.3 is 0 Å². The van der Waals surface area contributed by atoms with E-state index in [1.54, 1.807) is 11.0 Å².